The maximum absolute atomic E-state index is 11.1. The second kappa shape index (κ2) is 5.65. The first-order chi connectivity index (χ1) is 10.2. The molecular weight excluding hydrogens is 270 g/mol. The fourth-order valence-corrected chi connectivity index (χ4v) is 2.91. The summed E-state index contributed by atoms with van der Waals surface area (Å²) in [6, 6.07) is 5.12. The van der Waals surface area contributed by atoms with Crippen LogP contribution in [0, 0.1) is 10.1 Å². The number of nitrogens with zero attached hydrogens (tertiary/aromatic N) is 3. The molecule has 1 aromatic heterocycles. The Hall–Kier alpha value is -2.21. The van der Waals surface area contributed by atoms with Crippen molar-refractivity contribution in [2.24, 2.45) is 0 Å². The first kappa shape index (κ1) is 13.8. The Morgan fingerprint density at radius 3 is 2.81 bits per heavy atom. The Labute approximate surface area is 122 Å². The molecule has 2 heterocycles. The van der Waals surface area contributed by atoms with Crippen LogP contribution >= 0.6 is 0 Å². The number of pyridine rings is 1. The van der Waals surface area contributed by atoms with E-state index in [9.17, 15) is 15.2 Å². The number of rotatable bonds is 3. The molecule has 1 aromatic carbocycles. The molecule has 110 valence electrons. The molecule has 0 atom stereocenters. The summed E-state index contributed by atoms with van der Waals surface area (Å²) >= 11 is 0. The first-order valence-electron chi connectivity index (χ1n) is 7.13. The molecule has 0 bridgehead atoms. The summed E-state index contributed by atoms with van der Waals surface area (Å²) in [5, 5.41) is 21.9. The number of aromatic hydroxyl groups is 1. The number of aromatic nitrogens is 1. The summed E-state index contributed by atoms with van der Waals surface area (Å²) in [5.74, 6) is -0.349. The smallest absolute Gasteiger partial charge is 0.313 e. The monoisotopic (exact) mass is 287 g/mol. The predicted molar refractivity (Wildman–Crippen MR) is 79.2 cm³/mol. The van der Waals surface area contributed by atoms with Gasteiger partial charge in [-0.05, 0) is 37.6 Å². The number of benzene rings is 1. The summed E-state index contributed by atoms with van der Waals surface area (Å²) in [7, 11) is 0. The number of nitro groups is 1. The molecule has 0 radical (unpaired) electrons. The molecule has 2 aromatic rings. The zero-order valence-corrected chi connectivity index (χ0v) is 11.7. The van der Waals surface area contributed by atoms with Gasteiger partial charge in [0.1, 0.15) is 5.52 Å². The van der Waals surface area contributed by atoms with Gasteiger partial charge < -0.3 is 5.11 Å². The normalized spacial score (nSPS) is 16.2. The van der Waals surface area contributed by atoms with E-state index in [0.717, 1.165) is 36.9 Å². The minimum Gasteiger partial charge on any atom is -0.501 e. The number of phenolic OH excluding ortho intramolecular Hbond substituents is 1. The third-order valence-electron chi connectivity index (χ3n) is 3.97. The summed E-state index contributed by atoms with van der Waals surface area (Å²) in [6.07, 6.45) is 5.11. The second-order valence-corrected chi connectivity index (χ2v) is 5.40. The van der Waals surface area contributed by atoms with Crippen molar-refractivity contribution in [2.75, 3.05) is 13.1 Å². The molecule has 1 aliphatic rings. The zero-order valence-electron chi connectivity index (χ0n) is 11.7. The van der Waals surface area contributed by atoms with E-state index in [1.54, 1.807) is 6.07 Å². The number of piperidine rings is 1. The van der Waals surface area contributed by atoms with Crippen LogP contribution in [0.3, 0.4) is 0 Å². The Morgan fingerprint density at radius 1 is 1.33 bits per heavy atom. The largest absolute Gasteiger partial charge is 0.501 e. The van der Waals surface area contributed by atoms with Gasteiger partial charge in [0.15, 0.2) is 0 Å². The molecule has 1 saturated heterocycles. The van der Waals surface area contributed by atoms with Crippen LogP contribution in [0.1, 0.15) is 24.8 Å². The number of nitro benzene ring substituents is 1. The van der Waals surface area contributed by atoms with E-state index >= 15 is 0 Å². The number of likely N-dealkylation sites (tertiary alicyclic amines) is 1. The van der Waals surface area contributed by atoms with Gasteiger partial charge in [-0.1, -0.05) is 12.5 Å². The highest BCUT2D eigenvalue weighted by molar-refractivity contribution is 5.90. The number of phenols is 1. The van der Waals surface area contributed by atoms with Crippen LogP contribution in [0.2, 0.25) is 0 Å². The number of hydrogen-bond acceptors (Lipinski definition) is 5. The maximum Gasteiger partial charge on any atom is 0.313 e. The van der Waals surface area contributed by atoms with Crippen molar-refractivity contribution in [3.63, 3.8) is 0 Å². The second-order valence-electron chi connectivity index (χ2n) is 5.40. The van der Waals surface area contributed by atoms with Crippen molar-refractivity contribution in [1.82, 2.24) is 9.88 Å². The highest BCUT2D eigenvalue weighted by Crippen LogP contribution is 2.36. The summed E-state index contributed by atoms with van der Waals surface area (Å²) in [4.78, 5) is 17.0. The molecule has 1 N–H and O–H groups in total. The molecule has 0 unspecified atom stereocenters. The Kier molecular flexibility index (Phi) is 3.70. The lowest BCUT2D eigenvalue weighted by atomic mass is 10.0. The van der Waals surface area contributed by atoms with E-state index in [2.05, 4.69) is 9.88 Å². The van der Waals surface area contributed by atoms with Crippen LogP contribution in [0.4, 0.5) is 5.69 Å². The molecule has 0 amide bonds. The van der Waals surface area contributed by atoms with Crippen LogP contribution in [0.25, 0.3) is 10.9 Å². The molecule has 21 heavy (non-hydrogen) atoms. The average Bonchev–Trinajstić information content (AvgIpc) is 2.51. The molecule has 6 nitrogen and oxygen atoms in total. The predicted octanol–water partition coefficient (Wildman–Crippen LogP) is 2.83. The summed E-state index contributed by atoms with van der Waals surface area (Å²) < 4.78 is 0. The van der Waals surface area contributed by atoms with Crippen molar-refractivity contribution in [3.8, 4) is 5.75 Å². The molecule has 3 rings (SSSR count). The highest BCUT2D eigenvalue weighted by Gasteiger charge is 2.22. The van der Waals surface area contributed by atoms with Crippen molar-refractivity contribution >= 4 is 16.6 Å². The van der Waals surface area contributed by atoms with Crippen LogP contribution < -0.4 is 0 Å². The van der Waals surface area contributed by atoms with Gasteiger partial charge in [-0.3, -0.25) is 20.0 Å². The lowest BCUT2D eigenvalue weighted by Crippen LogP contribution is -2.29. The standard InChI is InChI=1S/C15H17N3O3/c19-15-13(18(20)21)9-11(10-17-7-2-1-3-8-17)12-5-4-6-16-14(12)15/h4-6,9,19H,1-3,7-8,10H2. The van der Waals surface area contributed by atoms with Gasteiger partial charge in [0, 0.05) is 24.2 Å². The van der Waals surface area contributed by atoms with Crippen LogP contribution in [-0.2, 0) is 6.54 Å². The topological polar surface area (TPSA) is 79.5 Å². The Morgan fingerprint density at radius 2 is 2.10 bits per heavy atom. The summed E-state index contributed by atoms with van der Waals surface area (Å²) in [5.41, 5.74) is 0.886. The van der Waals surface area contributed by atoms with E-state index < -0.39 is 4.92 Å². The first-order valence-corrected chi connectivity index (χ1v) is 7.13. The molecule has 0 saturated carbocycles. The summed E-state index contributed by atoms with van der Waals surface area (Å²) in [6.45, 7) is 2.68. The van der Waals surface area contributed by atoms with Gasteiger partial charge >= 0.3 is 5.69 Å². The average molecular weight is 287 g/mol. The quantitative estimate of drug-likeness (QED) is 0.693. The van der Waals surface area contributed by atoms with Crippen LogP contribution in [-0.4, -0.2) is 33.0 Å². The van der Waals surface area contributed by atoms with Crippen molar-refractivity contribution < 1.29 is 10.0 Å². The third kappa shape index (κ3) is 2.67. The lowest BCUT2D eigenvalue weighted by molar-refractivity contribution is -0.385. The van der Waals surface area contributed by atoms with Crippen molar-refractivity contribution in [1.29, 1.82) is 0 Å². The molecule has 0 aliphatic carbocycles. The Bertz CT molecular complexity index is 681. The van der Waals surface area contributed by atoms with Crippen molar-refractivity contribution in [3.05, 3.63) is 40.1 Å². The van der Waals surface area contributed by atoms with Gasteiger partial charge in [0.05, 0.1) is 4.92 Å². The lowest BCUT2D eigenvalue weighted by Gasteiger charge is -2.26. The molecule has 0 spiro atoms. The highest BCUT2D eigenvalue weighted by atomic mass is 16.6. The fourth-order valence-electron chi connectivity index (χ4n) is 2.91. The van der Waals surface area contributed by atoms with Crippen molar-refractivity contribution in [2.45, 2.75) is 25.8 Å². The van der Waals surface area contributed by atoms with E-state index in [4.69, 9.17) is 0 Å². The van der Waals surface area contributed by atoms with E-state index in [-0.39, 0.29) is 11.4 Å². The van der Waals surface area contributed by atoms with Gasteiger partial charge in [-0.2, -0.15) is 0 Å². The fraction of sp³-hybridized carbons (Fsp3) is 0.400. The SMILES string of the molecule is O=[N+]([O-])c1cc(CN2CCCCC2)c2cccnc2c1O. The number of hydrogen-bond donors (Lipinski definition) is 1. The van der Waals surface area contributed by atoms with E-state index in [1.165, 1.54) is 18.7 Å². The van der Waals surface area contributed by atoms with Gasteiger partial charge in [0.2, 0.25) is 5.75 Å². The van der Waals surface area contributed by atoms with Gasteiger partial charge in [-0.15, -0.1) is 0 Å². The minimum atomic E-state index is -0.552. The van der Waals surface area contributed by atoms with Gasteiger partial charge in [0.25, 0.3) is 0 Å². The third-order valence-corrected chi connectivity index (χ3v) is 3.97. The zero-order chi connectivity index (χ0) is 14.8. The van der Waals surface area contributed by atoms with E-state index in [1.807, 2.05) is 6.07 Å². The number of fused-ring (bicyclic) bond motifs is 1. The molecular formula is C15H17N3O3. The van der Waals surface area contributed by atoms with Gasteiger partial charge in [-0.25, -0.2) is 0 Å². The Balaban J connectivity index is 2.07. The molecule has 1 fully saturated rings. The van der Waals surface area contributed by atoms with Crippen LogP contribution in [0.5, 0.6) is 5.75 Å². The minimum absolute atomic E-state index is 0.270. The van der Waals surface area contributed by atoms with E-state index in [0.29, 0.717) is 12.1 Å². The molecule has 1 aliphatic heterocycles. The van der Waals surface area contributed by atoms with Crippen LogP contribution in [0.15, 0.2) is 24.4 Å². The maximum atomic E-state index is 11.1. The molecule has 6 heteroatoms.